The number of fused-ring (bicyclic) bond motifs is 2. The van der Waals surface area contributed by atoms with Gasteiger partial charge in [0.25, 0.3) is 0 Å². The Hall–Kier alpha value is -4.69. The summed E-state index contributed by atoms with van der Waals surface area (Å²) in [5.41, 5.74) is 5.08. The highest BCUT2D eigenvalue weighted by Crippen LogP contribution is 2.34. The van der Waals surface area contributed by atoms with Gasteiger partial charge < -0.3 is 9.13 Å². The molecule has 7 aromatic rings. The Labute approximate surface area is 242 Å². The van der Waals surface area contributed by atoms with Gasteiger partial charge in [-0.3, -0.25) is 9.97 Å². The van der Waals surface area contributed by atoms with E-state index in [2.05, 4.69) is 67.0 Å². The molecule has 0 unspecified atom stereocenters. The fourth-order valence-corrected chi connectivity index (χ4v) is 5.19. The van der Waals surface area contributed by atoms with E-state index in [0.29, 0.717) is 0 Å². The topological polar surface area (TPSA) is 35.6 Å². The van der Waals surface area contributed by atoms with Gasteiger partial charge in [-0.2, -0.15) is 13.2 Å². The van der Waals surface area contributed by atoms with Crippen molar-refractivity contribution >= 4 is 37.7 Å². The zero-order valence-electron chi connectivity index (χ0n) is 21.5. The molecule has 7 rings (SSSR count). The van der Waals surface area contributed by atoms with Crippen LogP contribution in [0.1, 0.15) is 5.56 Å². The number of para-hydroxylation sites is 1. The SMILES string of the molecule is Brc1ccc2c(ccn2-c2cccnc2)c1.FC(F)(F)c1ccc(-c2cccc3ccn(-c4cccnc4)c23)cc1. The Morgan fingerprint density at radius 2 is 1.29 bits per heavy atom. The smallest absolute Gasteiger partial charge is 0.315 e. The average Bonchev–Trinajstić information content (AvgIpc) is 3.62. The van der Waals surface area contributed by atoms with Gasteiger partial charge >= 0.3 is 6.18 Å². The van der Waals surface area contributed by atoms with Crippen LogP contribution < -0.4 is 0 Å². The van der Waals surface area contributed by atoms with E-state index in [-0.39, 0.29) is 0 Å². The third-order valence-electron chi connectivity index (χ3n) is 6.74. The summed E-state index contributed by atoms with van der Waals surface area (Å²) in [5, 5.41) is 2.24. The summed E-state index contributed by atoms with van der Waals surface area (Å²) in [6.07, 6.45) is 6.77. The van der Waals surface area contributed by atoms with Crippen LogP contribution >= 0.6 is 15.9 Å². The normalized spacial score (nSPS) is 11.4. The van der Waals surface area contributed by atoms with Crippen molar-refractivity contribution in [2.75, 3.05) is 0 Å². The van der Waals surface area contributed by atoms with E-state index in [1.807, 2.05) is 59.4 Å². The van der Waals surface area contributed by atoms with Crippen LogP contribution in [0.2, 0.25) is 0 Å². The first kappa shape index (κ1) is 26.5. The minimum Gasteiger partial charge on any atom is -0.315 e. The van der Waals surface area contributed by atoms with Gasteiger partial charge in [-0.25, -0.2) is 0 Å². The molecule has 0 saturated carbocycles. The number of halogens is 4. The molecule has 202 valence electrons. The van der Waals surface area contributed by atoms with Gasteiger partial charge in [0.05, 0.1) is 40.4 Å². The van der Waals surface area contributed by atoms with E-state index >= 15 is 0 Å². The standard InChI is InChI=1S/C20H13F3N2.C13H9BrN2/c21-20(22,23)16-8-6-14(7-9-16)18-5-1-3-15-10-12-25(19(15)18)17-4-2-11-24-13-17;14-11-3-4-13-10(8-11)5-7-16(13)12-2-1-6-15-9-12/h1-13H;1-9H. The van der Waals surface area contributed by atoms with Crippen molar-refractivity contribution < 1.29 is 13.2 Å². The van der Waals surface area contributed by atoms with E-state index in [4.69, 9.17) is 0 Å². The lowest BCUT2D eigenvalue weighted by molar-refractivity contribution is -0.137. The lowest BCUT2D eigenvalue weighted by Crippen LogP contribution is -2.04. The average molecular weight is 611 g/mol. The minimum absolute atomic E-state index is 0.647. The molecule has 4 nitrogen and oxygen atoms in total. The van der Waals surface area contributed by atoms with Crippen LogP contribution in [0.15, 0.2) is 139 Å². The molecule has 0 bridgehead atoms. The summed E-state index contributed by atoms with van der Waals surface area (Å²) in [6, 6.07) is 29.2. The first-order valence-corrected chi connectivity index (χ1v) is 13.5. The third kappa shape index (κ3) is 5.51. The van der Waals surface area contributed by atoms with Gasteiger partial charge in [0.1, 0.15) is 0 Å². The zero-order chi connectivity index (χ0) is 28.4. The van der Waals surface area contributed by atoms with Gasteiger partial charge in [-0.15, -0.1) is 0 Å². The summed E-state index contributed by atoms with van der Waals surface area (Å²) in [6.45, 7) is 0. The number of aromatic nitrogens is 4. The number of hydrogen-bond acceptors (Lipinski definition) is 2. The van der Waals surface area contributed by atoms with Crippen molar-refractivity contribution in [2.45, 2.75) is 6.18 Å². The number of alkyl halides is 3. The second-order valence-electron chi connectivity index (χ2n) is 9.32. The molecule has 41 heavy (non-hydrogen) atoms. The van der Waals surface area contributed by atoms with Crippen LogP contribution in [0.5, 0.6) is 0 Å². The molecule has 4 heterocycles. The summed E-state index contributed by atoms with van der Waals surface area (Å²) in [5.74, 6) is 0. The van der Waals surface area contributed by atoms with Crippen LogP contribution in [-0.2, 0) is 6.18 Å². The highest BCUT2D eigenvalue weighted by atomic mass is 79.9. The molecule has 4 aromatic heterocycles. The van der Waals surface area contributed by atoms with E-state index in [1.165, 1.54) is 23.0 Å². The maximum absolute atomic E-state index is 12.8. The van der Waals surface area contributed by atoms with Gasteiger partial charge in [0.15, 0.2) is 0 Å². The predicted octanol–water partition coefficient (Wildman–Crippen LogP) is 9.50. The largest absolute Gasteiger partial charge is 0.416 e. The maximum Gasteiger partial charge on any atom is 0.416 e. The lowest BCUT2D eigenvalue weighted by atomic mass is 10.0. The molecule has 0 spiro atoms. The van der Waals surface area contributed by atoms with Crippen LogP contribution in [0.25, 0.3) is 44.3 Å². The highest BCUT2D eigenvalue weighted by Gasteiger charge is 2.30. The van der Waals surface area contributed by atoms with Gasteiger partial charge in [-0.05, 0) is 72.3 Å². The van der Waals surface area contributed by atoms with Crippen LogP contribution in [-0.4, -0.2) is 19.1 Å². The van der Waals surface area contributed by atoms with E-state index in [1.54, 1.807) is 18.6 Å². The number of nitrogens with zero attached hydrogens (tertiary/aromatic N) is 4. The van der Waals surface area contributed by atoms with Crippen molar-refractivity contribution in [3.05, 3.63) is 144 Å². The predicted molar refractivity (Wildman–Crippen MR) is 160 cm³/mol. The summed E-state index contributed by atoms with van der Waals surface area (Å²) >= 11 is 3.48. The van der Waals surface area contributed by atoms with Crippen molar-refractivity contribution in [1.29, 1.82) is 0 Å². The molecule has 3 aromatic carbocycles. The van der Waals surface area contributed by atoms with Gasteiger partial charge in [0, 0.05) is 45.6 Å². The third-order valence-corrected chi connectivity index (χ3v) is 7.23. The molecule has 0 aliphatic heterocycles. The Morgan fingerprint density at radius 1 is 0.634 bits per heavy atom. The molecule has 0 fully saturated rings. The van der Waals surface area contributed by atoms with Crippen LogP contribution in [0.3, 0.4) is 0 Å². The highest BCUT2D eigenvalue weighted by molar-refractivity contribution is 9.10. The molecular formula is C33H22BrF3N4. The molecule has 0 aliphatic rings. The molecule has 0 aliphatic carbocycles. The monoisotopic (exact) mass is 610 g/mol. The summed E-state index contributed by atoms with van der Waals surface area (Å²) < 4.78 is 43.6. The van der Waals surface area contributed by atoms with Crippen molar-refractivity contribution in [3.8, 4) is 22.5 Å². The molecular weight excluding hydrogens is 589 g/mol. The molecule has 0 atom stereocenters. The fraction of sp³-hybridized carbons (Fsp3) is 0.0303. The second kappa shape index (κ2) is 11.1. The van der Waals surface area contributed by atoms with Crippen LogP contribution in [0, 0.1) is 0 Å². The molecule has 0 amide bonds. The first-order chi connectivity index (χ1) is 19.9. The van der Waals surface area contributed by atoms with Crippen molar-refractivity contribution in [2.24, 2.45) is 0 Å². The fourth-order valence-electron chi connectivity index (χ4n) is 4.81. The maximum atomic E-state index is 12.8. The Balaban J connectivity index is 0.000000162. The van der Waals surface area contributed by atoms with Crippen molar-refractivity contribution in [1.82, 2.24) is 19.1 Å². The van der Waals surface area contributed by atoms with E-state index < -0.39 is 11.7 Å². The lowest BCUT2D eigenvalue weighted by Gasteiger charge is -2.11. The van der Waals surface area contributed by atoms with Gasteiger partial charge in [0.2, 0.25) is 0 Å². The number of benzene rings is 3. The minimum atomic E-state index is -4.33. The molecule has 0 saturated heterocycles. The van der Waals surface area contributed by atoms with E-state index in [9.17, 15) is 13.2 Å². The zero-order valence-corrected chi connectivity index (χ0v) is 23.1. The van der Waals surface area contributed by atoms with E-state index in [0.717, 1.165) is 50.0 Å². The summed E-state index contributed by atoms with van der Waals surface area (Å²) in [4.78, 5) is 8.28. The number of rotatable bonds is 3. The van der Waals surface area contributed by atoms with Crippen molar-refractivity contribution in [3.63, 3.8) is 0 Å². The second-order valence-corrected chi connectivity index (χ2v) is 10.2. The molecule has 0 N–H and O–H groups in total. The summed E-state index contributed by atoms with van der Waals surface area (Å²) in [7, 11) is 0. The Morgan fingerprint density at radius 3 is 1.95 bits per heavy atom. The number of pyridine rings is 2. The molecule has 0 radical (unpaired) electrons. The Bertz CT molecular complexity index is 1930. The van der Waals surface area contributed by atoms with Crippen LogP contribution in [0.4, 0.5) is 13.2 Å². The van der Waals surface area contributed by atoms with Gasteiger partial charge in [-0.1, -0.05) is 46.3 Å². The Kier molecular flexibility index (Phi) is 7.15. The quantitative estimate of drug-likeness (QED) is 0.200. The molecule has 8 heteroatoms. The number of hydrogen-bond donors (Lipinski definition) is 0. The first-order valence-electron chi connectivity index (χ1n) is 12.7.